The molecule has 0 aromatic heterocycles. The second-order valence-corrected chi connectivity index (χ2v) is 3.64. The van der Waals surface area contributed by atoms with Crippen LogP contribution in [0.15, 0.2) is 18.2 Å². The number of aliphatic hydroxyl groups excluding tert-OH is 2. The van der Waals surface area contributed by atoms with Crippen LogP contribution in [-0.2, 0) is 0 Å². The monoisotopic (exact) mass is 255 g/mol. The van der Waals surface area contributed by atoms with E-state index in [-0.39, 0.29) is 18.9 Å². The molecule has 7 heteroatoms. The summed E-state index contributed by atoms with van der Waals surface area (Å²) in [6.07, 6.45) is 0. The molecule has 18 heavy (non-hydrogen) atoms. The van der Waals surface area contributed by atoms with Gasteiger partial charge in [0.15, 0.2) is 0 Å². The lowest BCUT2D eigenvalue weighted by Crippen LogP contribution is -2.30. The lowest BCUT2D eigenvalue weighted by Gasteiger charge is -2.25. The fourth-order valence-electron chi connectivity index (χ4n) is 1.70. The number of benzene rings is 1. The van der Waals surface area contributed by atoms with Gasteiger partial charge in [-0.05, 0) is 6.07 Å². The van der Waals surface area contributed by atoms with Gasteiger partial charge in [-0.15, -0.1) is 0 Å². The molecule has 0 saturated carbocycles. The Bertz CT molecular complexity index is 405. The highest BCUT2D eigenvalue weighted by Crippen LogP contribution is 2.29. The van der Waals surface area contributed by atoms with Crippen LogP contribution in [0, 0.1) is 10.1 Å². The van der Waals surface area contributed by atoms with E-state index in [1.165, 1.54) is 12.1 Å². The van der Waals surface area contributed by atoms with Crippen LogP contribution in [0.2, 0.25) is 0 Å². The van der Waals surface area contributed by atoms with Crippen LogP contribution in [0.25, 0.3) is 0 Å². The SMILES string of the molecule is CNc1ccc([N+](=O)[O-])cc1N(CCO)CCO. The van der Waals surface area contributed by atoms with Crippen LogP contribution in [0.5, 0.6) is 0 Å². The highest BCUT2D eigenvalue weighted by molar-refractivity contribution is 5.73. The Kier molecular flexibility index (Phi) is 5.34. The summed E-state index contributed by atoms with van der Waals surface area (Å²) in [5.74, 6) is 0. The van der Waals surface area contributed by atoms with Gasteiger partial charge in [-0.1, -0.05) is 0 Å². The number of nitro benzene ring substituents is 1. The average Bonchev–Trinajstić information content (AvgIpc) is 2.37. The molecule has 1 aromatic rings. The Morgan fingerprint density at radius 1 is 1.33 bits per heavy atom. The van der Waals surface area contributed by atoms with E-state index in [4.69, 9.17) is 10.2 Å². The van der Waals surface area contributed by atoms with Crippen molar-refractivity contribution in [1.29, 1.82) is 0 Å². The van der Waals surface area contributed by atoms with Crippen molar-refractivity contribution in [2.45, 2.75) is 0 Å². The quantitative estimate of drug-likeness (QED) is 0.482. The number of rotatable bonds is 7. The Hall–Kier alpha value is -1.86. The normalized spacial score (nSPS) is 10.2. The highest BCUT2D eigenvalue weighted by atomic mass is 16.6. The summed E-state index contributed by atoms with van der Waals surface area (Å²) in [5, 5.41) is 31.7. The molecule has 0 amide bonds. The summed E-state index contributed by atoms with van der Waals surface area (Å²) >= 11 is 0. The summed E-state index contributed by atoms with van der Waals surface area (Å²) in [4.78, 5) is 12.0. The van der Waals surface area contributed by atoms with Crippen molar-refractivity contribution >= 4 is 17.1 Å². The van der Waals surface area contributed by atoms with Crippen molar-refractivity contribution in [2.24, 2.45) is 0 Å². The van der Waals surface area contributed by atoms with Gasteiger partial charge in [0.25, 0.3) is 5.69 Å². The summed E-state index contributed by atoms with van der Waals surface area (Å²) in [7, 11) is 1.71. The smallest absolute Gasteiger partial charge is 0.271 e. The molecule has 3 N–H and O–H groups in total. The molecule has 0 fully saturated rings. The van der Waals surface area contributed by atoms with Gasteiger partial charge < -0.3 is 20.4 Å². The lowest BCUT2D eigenvalue weighted by molar-refractivity contribution is -0.384. The molecule has 0 atom stereocenters. The van der Waals surface area contributed by atoms with Gasteiger partial charge in [-0.3, -0.25) is 10.1 Å². The maximum atomic E-state index is 10.8. The molecule has 0 aliphatic carbocycles. The molecule has 100 valence electrons. The molecule has 0 radical (unpaired) electrons. The standard InChI is InChI=1S/C11H17N3O4/c1-12-10-3-2-9(14(17)18)8-11(10)13(4-6-15)5-7-16/h2-3,8,12,15-16H,4-7H2,1H3. The zero-order chi connectivity index (χ0) is 13.5. The van der Waals surface area contributed by atoms with E-state index in [1.807, 2.05) is 0 Å². The first-order valence-corrected chi connectivity index (χ1v) is 5.57. The van der Waals surface area contributed by atoms with Crippen LogP contribution < -0.4 is 10.2 Å². The van der Waals surface area contributed by atoms with Gasteiger partial charge >= 0.3 is 0 Å². The number of aliphatic hydroxyl groups is 2. The second-order valence-electron chi connectivity index (χ2n) is 3.64. The lowest BCUT2D eigenvalue weighted by atomic mass is 10.2. The zero-order valence-electron chi connectivity index (χ0n) is 10.2. The van der Waals surface area contributed by atoms with E-state index in [2.05, 4.69) is 5.32 Å². The molecule has 0 bridgehead atoms. The van der Waals surface area contributed by atoms with E-state index < -0.39 is 4.92 Å². The third-order valence-corrected chi connectivity index (χ3v) is 2.54. The number of non-ortho nitro benzene ring substituents is 1. The molecule has 0 aliphatic heterocycles. The van der Waals surface area contributed by atoms with Crippen molar-refractivity contribution in [1.82, 2.24) is 0 Å². The van der Waals surface area contributed by atoms with Gasteiger partial charge in [0.2, 0.25) is 0 Å². The molecular formula is C11H17N3O4. The van der Waals surface area contributed by atoms with Crippen LogP contribution >= 0.6 is 0 Å². The van der Waals surface area contributed by atoms with Crippen LogP contribution in [0.1, 0.15) is 0 Å². The largest absolute Gasteiger partial charge is 0.395 e. The fraction of sp³-hybridized carbons (Fsp3) is 0.455. The molecule has 0 aliphatic rings. The van der Waals surface area contributed by atoms with E-state index >= 15 is 0 Å². The van der Waals surface area contributed by atoms with E-state index in [0.29, 0.717) is 24.5 Å². The Morgan fingerprint density at radius 2 is 1.94 bits per heavy atom. The van der Waals surface area contributed by atoms with Gasteiger partial charge in [0.1, 0.15) is 0 Å². The molecule has 1 rings (SSSR count). The summed E-state index contributed by atoms with van der Waals surface area (Å²) < 4.78 is 0. The van der Waals surface area contributed by atoms with Crippen LogP contribution in [0.4, 0.5) is 17.1 Å². The first-order valence-electron chi connectivity index (χ1n) is 5.57. The third-order valence-electron chi connectivity index (χ3n) is 2.54. The first kappa shape index (κ1) is 14.2. The third kappa shape index (κ3) is 3.31. The van der Waals surface area contributed by atoms with Crippen molar-refractivity contribution in [2.75, 3.05) is 43.6 Å². The summed E-state index contributed by atoms with van der Waals surface area (Å²) in [6, 6.07) is 4.44. The summed E-state index contributed by atoms with van der Waals surface area (Å²) in [5.41, 5.74) is 1.28. The van der Waals surface area contributed by atoms with Gasteiger partial charge in [-0.2, -0.15) is 0 Å². The number of nitro groups is 1. The predicted molar refractivity (Wildman–Crippen MR) is 69.0 cm³/mol. The number of nitrogens with zero attached hydrogens (tertiary/aromatic N) is 2. The molecular weight excluding hydrogens is 238 g/mol. The minimum absolute atomic E-state index is 0.0233. The topological polar surface area (TPSA) is 98.9 Å². The van der Waals surface area contributed by atoms with E-state index in [1.54, 1.807) is 18.0 Å². The maximum Gasteiger partial charge on any atom is 0.271 e. The fourth-order valence-corrected chi connectivity index (χ4v) is 1.70. The molecule has 0 unspecified atom stereocenters. The number of hydrogen-bond acceptors (Lipinski definition) is 6. The summed E-state index contributed by atoms with van der Waals surface area (Å²) in [6.45, 7) is 0.421. The highest BCUT2D eigenvalue weighted by Gasteiger charge is 2.15. The molecule has 7 nitrogen and oxygen atoms in total. The predicted octanol–water partition coefficient (Wildman–Crippen LogP) is 0.427. The molecule has 0 heterocycles. The Balaban J connectivity index is 3.14. The molecule has 0 spiro atoms. The van der Waals surface area contributed by atoms with Crippen molar-refractivity contribution in [3.63, 3.8) is 0 Å². The van der Waals surface area contributed by atoms with Crippen molar-refractivity contribution in [3.8, 4) is 0 Å². The first-order chi connectivity index (χ1) is 8.63. The van der Waals surface area contributed by atoms with Gasteiger partial charge in [0, 0.05) is 32.3 Å². The van der Waals surface area contributed by atoms with Crippen molar-refractivity contribution in [3.05, 3.63) is 28.3 Å². The average molecular weight is 255 g/mol. The number of hydrogen-bond donors (Lipinski definition) is 3. The van der Waals surface area contributed by atoms with E-state index in [9.17, 15) is 10.1 Å². The number of anilines is 2. The van der Waals surface area contributed by atoms with E-state index in [0.717, 1.165) is 0 Å². The minimum atomic E-state index is -0.473. The minimum Gasteiger partial charge on any atom is -0.395 e. The molecule has 0 saturated heterocycles. The van der Waals surface area contributed by atoms with Crippen molar-refractivity contribution < 1.29 is 15.1 Å². The zero-order valence-corrected chi connectivity index (χ0v) is 10.2. The Labute approximate surface area is 105 Å². The van der Waals surface area contributed by atoms with Crippen LogP contribution in [-0.4, -0.2) is 48.5 Å². The second kappa shape index (κ2) is 6.77. The van der Waals surface area contributed by atoms with Gasteiger partial charge in [-0.25, -0.2) is 0 Å². The molecule has 1 aromatic carbocycles. The van der Waals surface area contributed by atoms with Gasteiger partial charge in [0.05, 0.1) is 29.5 Å². The van der Waals surface area contributed by atoms with Crippen LogP contribution in [0.3, 0.4) is 0 Å². The number of nitrogens with one attached hydrogen (secondary N) is 1. The maximum absolute atomic E-state index is 10.8. The Morgan fingerprint density at radius 3 is 2.39 bits per heavy atom.